The zero-order valence-corrected chi connectivity index (χ0v) is 9.43. The van der Waals surface area contributed by atoms with Crippen LogP contribution in [0.5, 0.6) is 0 Å². The van der Waals surface area contributed by atoms with Gasteiger partial charge in [0.05, 0.1) is 16.9 Å². The first-order chi connectivity index (χ1) is 7.47. The highest BCUT2D eigenvalue weighted by atomic mass is 16.6. The molecular formula is C9H14N4O3. The number of hydrogen-bond acceptors (Lipinski definition) is 4. The van der Waals surface area contributed by atoms with E-state index in [0.717, 1.165) is 0 Å². The summed E-state index contributed by atoms with van der Waals surface area (Å²) < 4.78 is 1.35. The summed E-state index contributed by atoms with van der Waals surface area (Å²) in [5.41, 5.74) is 0.588. The van der Waals surface area contributed by atoms with Gasteiger partial charge in [-0.25, -0.2) is 0 Å². The standard InChI is InChI=1S/C9H14N4O3/c1-4-10-9(14)7(3)12-6(2)5-8(11-12)13(15)16/h5,7H,4H2,1-3H3,(H,10,14). The normalized spacial score (nSPS) is 12.2. The van der Waals surface area contributed by atoms with Crippen molar-refractivity contribution in [3.63, 3.8) is 0 Å². The summed E-state index contributed by atoms with van der Waals surface area (Å²) in [5, 5.41) is 16.9. The number of carbonyl (C=O) groups excluding carboxylic acids is 1. The molecule has 1 N–H and O–H groups in total. The number of carbonyl (C=O) groups is 1. The second-order valence-corrected chi connectivity index (χ2v) is 3.42. The van der Waals surface area contributed by atoms with Gasteiger partial charge in [0, 0.05) is 6.54 Å². The van der Waals surface area contributed by atoms with Gasteiger partial charge in [-0.05, 0) is 25.7 Å². The number of aryl methyl sites for hydroxylation is 1. The average molecular weight is 226 g/mol. The molecule has 1 heterocycles. The molecule has 1 amide bonds. The summed E-state index contributed by atoms with van der Waals surface area (Å²) in [6, 6.07) is 0.795. The molecule has 0 spiro atoms. The molecule has 0 bridgehead atoms. The van der Waals surface area contributed by atoms with Gasteiger partial charge in [-0.15, -0.1) is 0 Å². The van der Waals surface area contributed by atoms with Crippen LogP contribution in [0.15, 0.2) is 6.07 Å². The van der Waals surface area contributed by atoms with E-state index in [1.54, 1.807) is 13.8 Å². The molecule has 0 saturated heterocycles. The second kappa shape index (κ2) is 4.73. The van der Waals surface area contributed by atoms with Gasteiger partial charge in [-0.1, -0.05) is 0 Å². The van der Waals surface area contributed by atoms with E-state index >= 15 is 0 Å². The van der Waals surface area contributed by atoms with Crippen LogP contribution in [-0.4, -0.2) is 27.2 Å². The van der Waals surface area contributed by atoms with Gasteiger partial charge >= 0.3 is 5.82 Å². The fourth-order valence-corrected chi connectivity index (χ4v) is 1.39. The van der Waals surface area contributed by atoms with Crippen molar-refractivity contribution in [3.8, 4) is 0 Å². The average Bonchev–Trinajstić information content (AvgIpc) is 2.60. The molecule has 7 heteroatoms. The lowest BCUT2D eigenvalue weighted by molar-refractivity contribution is -0.389. The molecule has 88 valence electrons. The van der Waals surface area contributed by atoms with E-state index in [2.05, 4.69) is 10.4 Å². The van der Waals surface area contributed by atoms with Gasteiger partial charge in [-0.3, -0.25) is 4.79 Å². The molecule has 1 atom stereocenters. The Hall–Kier alpha value is -1.92. The Bertz CT molecular complexity index is 413. The van der Waals surface area contributed by atoms with Gasteiger partial charge < -0.3 is 15.4 Å². The van der Waals surface area contributed by atoms with E-state index in [4.69, 9.17) is 0 Å². The zero-order valence-electron chi connectivity index (χ0n) is 9.43. The third kappa shape index (κ3) is 2.36. The molecule has 0 fully saturated rings. The van der Waals surface area contributed by atoms with Gasteiger partial charge in [0.25, 0.3) is 0 Å². The minimum absolute atomic E-state index is 0.205. The molecule has 0 aliphatic rings. The van der Waals surface area contributed by atoms with Gasteiger partial charge in [0.1, 0.15) is 6.04 Å². The monoisotopic (exact) mass is 226 g/mol. The Morgan fingerprint density at radius 2 is 2.38 bits per heavy atom. The number of nitrogens with one attached hydrogen (secondary N) is 1. The molecule has 0 aliphatic carbocycles. The molecule has 0 aliphatic heterocycles. The summed E-state index contributed by atoms with van der Waals surface area (Å²) in [4.78, 5) is 21.5. The highest BCUT2D eigenvalue weighted by molar-refractivity contribution is 5.79. The Morgan fingerprint density at radius 1 is 1.75 bits per heavy atom. The Labute approximate surface area is 92.6 Å². The SMILES string of the molecule is CCNC(=O)C(C)n1nc([N+](=O)[O-])cc1C. The van der Waals surface area contributed by atoms with Crippen LogP contribution in [0, 0.1) is 17.0 Å². The van der Waals surface area contributed by atoms with E-state index in [9.17, 15) is 14.9 Å². The highest BCUT2D eigenvalue weighted by Crippen LogP contribution is 2.15. The lowest BCUT2D eigenvalue weighted by Crippen LogP contribution is -2.31. The zero-order chi connectivity index (χ0) is 12.3. The van der Waals surface area contributed by atoms with E-state index < -0.39 is 11.0 Å². The van der Waals surface area contributed by atoms with E-state index in [1.807, 2.05) is 6.92 Å². The van der Waals surface area contributed by atoms with Crippen LogP contribution >= 0.6 is 0 Å². The van der Waals surface area contributed by atoms with Crippen LogP contribution in [0.25, 0.3) is 0 Å². The molecule has 1 rings (SSSR count). The molecule has 1 aromatic rings. The Morgan fingerprint density at radius 3 is 2.81 bits per heavy atom. The van der Waals surface area contributed by atoms with Gasteiger partial charge in [0.2, 0.25) is 5.91 Å². The maximum absolute atomic E-state index is 11.5. The summed E-state index contributed by atoms with van der Waals surface area (Å²) in [6.07, 6.45) is 0. The van der Waals surface area contributed by atoms with Gasteiger partial charge in [-0.2, -0.15) is 4.68 Å². The second-order valence-electron chi connectivity index (χ2n) is 3.42. The minimum Gasteiger partial charge on any atom is -0.358 e. The number of hydrogen-bond donors (Lipinski definition) is 1. The lowest BCUT2D eigenvalue weighted by Gasteiger charge is -2.09. The number of rotatable bonds is 4. The predicted molar refractivity (Wildman–Crippen MR) is 57.0 cm³/mol. The molecular weight excluding hydrogens is 212 g/mol. The van der Waals surface area contributed by atoms with Crippen LogP contribution in [0.3, 0.4) is 0 Å². The Balaban J connectivity index is 2.95. The number of nitrogens with zero attached hydrogens (tertiary/aromatic N) is 3. The molecule has 16 heavy (non-hydrogen) atoms. The van der Waals surface area contributed by atoms with Crippen LogP contribution in [0.1, 0.15) is 25.6 Å². The first-order valence-electron chi connectivity index (χ1n) is 4.95. The summed E-state index contributed by atoms with van der Waals surface area (Å²) >= 11 is 0. The maximum Gasteiger partial charge on any atom is 0.390 e. The predicted octanol–water partition coefficient (Wildman–Crippen LogP) is 0.797. The summed E-state index contributed by atoms with van der Waals surface area (Å²) in [5.74, 6) is -0.447. The third-order valence-electron chi connectivity index (χ3n) is 2.19. The molecule has 7 nitrogen and oxygen atoms in total. The maximum atomic E-state index is 11.5. The van der Waals surface area contributed by atoms with Crippen molar-refractivity contribution in [2.24, 2.45) is 0 Å². The van der Waals surface area contributed by atoms with Crippen LogP contribution in [0.4, 0.5) is 5.82 Å². The van der Waals surface area contributed by atoms with Crippen molar-refractivity contribution < 1.29 is 9.72 Å². The van der Waals surface area contributed by atoms with E-state index in [-0.39, 0.29) is 11.7 Å². The quantitative estimate of drug-likeness (QED) is 0.607. The molecule has 1 unspecified atom stereocenters. The summed E-state index contributed by atoms with van der Waals surface area (Å²) in [6.45, 7) is 5.65. The number of aromatic nitrogens is 2. The molecule has 1 aromatic heterocycles. The van der Waals surface area contributed by atoms with Gasteiger partial charge in [0.15, 0.2) is 0 Å². The lowest BCUT2D eigenvalue weighted by atomic mass is 10.3. The van der Waals surface area contributed by atoms with Crippen molar-refractivity contribution in [3.05, 3.63) is 21.9 Å². The minimum atomic E-state index is -0.575. The van der Waals surface area contributed by atoms with Crippen molar-refractivity contribution in [1.82, 2.24) is 15.1 Å². The highest BCUT2D eigenvalue weighted by Gasteiger charge is 2.23. The molecule has 0 aromatic carbocycles. The smallest absolute Gasteiger partial charge is 0.358 e. The van der Waals surface area contributed by atoms with Crippen LogP contribution in [0.2, 0.25) is 0 Å². The summed E-state index contributed by atoms with van der Waals surface area (Å²) in [7, 11) is 0. The Kier molecular flexibility index (Phi) is 3.60. The van der Waals surface area contributed by atoms with Crippen LogP contribution in [-0.2, 0) is 4.79 Å². The first kappa shape index (κ1) is 12.2. The fraction of sp³-hybridized carbons (Fsp3) is 0.556. The first-order valence-corrected chi connectivity index (χ1v) is 4.95. The van der Waals surface area contributed by atoms with Crippen LogP contribution < -0.4 is 5.32 Å². The van der Waals surface area contributed by atoms with Crippen molar-refractivity contribution in [1.29, 1.82) is 0 Å². The largest absolute Gasteiger partial charge is 0.390 e. The third-order valence-corrected chi connectivity index (χ3v) is 2.19. The molecule has 0 saturated carbocycles. The topological polar surface area (TPSA) is 90.1 Å². The number of amides is 1. The van der Waals surface area contributed by atoms with E-state index in [1.165, 1.54) is 10.7 Å². The number of nitro groups is 1. The van der Waals surface area contributed by atoms with Crippen molar-refractivity contribution >= 4 is 11.7 Å². The van der Waals surface area contributed by atoms with Crippen molar-refractivity contribution in [2.75, 3.05) is 6.54 Å². The molecule has 0 radical (unpaired) electrons. The number of likely N-dealkylation sites (N-methyl/N-ethyl adjacent to an activating group) is 1. The van der Waals surface area contributed by atoms with E-state index in [0.29, 0.717) is 12.2 Å². The fourth-order valence-electron chi connectivity index (χ4n) is 1.39. The van der Waals surface area contributed by atoms with Crippen molar-refractivity contribution in [2.45, 2.75) is 26.8 Å².